The van der Waals surface area contributed by atoms with Gasteiger partial charge in [-0.05, 0) is 88.7 Å². The minimum absolute atomic E-state index is 0.0979. The van der Waals surface area contributed by atoms with E-state index in [4.69, 9.17) is 25.8 Å². The Morgan fingerprint density at radius 1 is 1.16 bits per heavy atom. The van der Waals surface area contributed by atoms with Crippen LogP contribution in [0.5, 0.6) is 11.5 Å². The number of carbonyl (C=O) groups is 1. The Hall–Kier alpha value is -3.14. The fourth-order valence-corrected chi connectivity index (χ4v) is 6.82. The second-order valence-electron chi connectivity index (χ2n) is 9.56. The molecule has 4 aromatic rings. The summed E-state index contributed by atoms with van der Waals surface area (Å²) in [6, 6.07) is 15.5. The SMILES string of the molecule is CCOC(=O)C1=C(C(F)(F)F)N=c2s/c(=C\c3cc(I)c(OCc4ccc(Br)cc4)c(OC)c3)c(=O)n2[C@@H]1c1ccc(Cl)cc1. The zero-order chi connectivity index (χ0) is 32.5. The van der Waals surface area contributed by atoms with Gasteiger partial charge in [-0.2, -0.15) is 13.2 Å². The van der Waals surface area contributed by atoms with E-state index in [1.807, 2.05) is 24.3 Å². The fraction of sp³-hybridized carbons (Fsp3) is 0.194. The normalized spacial score (nSPS) is 15.0. The number of nitrogens with zero attached hydrogens (tertiary/aromatic N) is 2. The lowest BCUT2D eigenvalue weighted by atomic mass is 9.95. The van der Waals surface area contributed by atoms with Crippen molar-refractivity contribution in [1.29, 1.82) is 0 Å². The Kier molecular flexibility index (Phi) is 10.1. The Bertz CT molecular complexity index is 1980. The number of hydrogen-bond donors (Lipinski definition) is 0. The zero-order valence-corrected chi connectivity index (χ0v) is 28.8. The van der Waals surface area contributed by atoms with Crippen molar-refractivity contribution in [1.82, 2.24) is 4.57 Å². The number of ether oxygens (including phenoxy) is 3. The Balaban J connectivity index is 1.63. The lowest BCUT2D eigenvalue weighted by Crippen LogP contribution is -2.41. The summed E-state index contributed by atoms with van der Waals surface area (Å²) in [7, 11) is 1.48. The van der Waals surface area contributed by atoms with E-state index in [0.717, 1.165) is 25.9 Å². The number of benzene rings is 3. The number of fused-ring (bicyclic) bond motifs is 1. The number of hydrogen-bond acceptors (Lipinski definition) is 7. The molecule has 0 saturated carbocycles. The number of rotatable bonds is 8. The molecule has 1 atom stereocenters. The van der Waals surface area contributed by atoms with Crippen LogP contribution in [0.4, 0.5) is 13.2 Å². The van der Waals surface area contributed by atoms with Crippen LogP contribution in [0.3, 0.4) is 0 Å². The lowest BCUT2D eigenvalue weighted by Gasteiger charge is -2.26. The molecule has 2 heterocycles. The van der Waals surface area contributed by atoms with Crippen LogP contribution in [0.15, 0.2) is 86.2 Å². The number of esters is 1. The van der Waals surface area contributed by atoms with Crippen LogP contribution < -0.4 is 24.4 Å². The van der Waals surface area contributed by atoms with E-state index in [0.29, 0.717) is 25.7 Å². The van der Waals surface area contributed by atoms with E-state index in [2.05, 4.69) is 43.5 Å². The molecule has 3 aromatic carbocycles. The zero-order valence-electron chi connectivity index (χ0n) is 23.5. The molecule has 1 aliphatic rings. The molecule has 0 N–H and O–H groups in total. The lowest BCUT2D eigenvalue weighted by molar-refractivity contribution is -0.140. The highest BCUT2D eigenvalue weighted by Gasteiger charge is 2.45. The van der Waals surface area contributed by atoms with Crippen molar-refractivity contribution in [2.45, 2.75) is 25.7 Å². The van der Waals surface area contributed by atoms with E-state index in [-0.39, 0.29) is 28.1 Å². The molecule has 1 aromatic heterocycles. The van der Waals surface area contributed by atoms with Gasteiger partial charge in [-0.25, -0.2) is 9.79 Å². The van der Waals surface area contributed by atoms with E-state index in [1.54, 1.807) is 12.1 Å². The smallest absolute Gasteiger partial charge is 0.434 e. The molecular weight excluding hydrogens is 812 g/mol. The number of aromatic nitrogens is 1. The molecule has 0 aliphatic carbocycles. The molecule has 14 heteroatoms. The van der Waals surface area contributed by atoms with Gasteiger partial charge in [0.05, 0.1) is 33.4 Å². The van der Waals surface area contributed by atoms with Gasteiger partial charge in [0, 0.05) is 9.50 Å². The summed E-state index contributed by atoms with van der Waals surface area (Å²) >= 11 is 12.3. The third-order valence-electron chi connectivity index (χ3n) is 6.63. The third kappa shape index (κ3) is 7.16. The monoisotopic (exact) mass is 832 g/mol. The summed E-state index contributed by atoms with van der Waals surface area (Å²) in [6.07, 6.45) is -3.47. The van der Waals surface area contributed by atoms with E-state index in [9.17, 15) is 22.8 Å². The molecule has 0 bridgehead atoms. The maximum absolute atomic E-state index is 14.3. The third-order valence-corrected chi connectivity index (χ3v) is 9.19. The highest BCUT2D eigenvalue weighted by molar-refractivity contribution is 14.1. The molecule has 234 valence electrons. The Morgan fingerprint density at radius 2 is 1.84 bits per heavy atom. The van der Waals surface area contributed by atoms with Crippen molar-refractivity contribution in [3.63, 3.8) is 0 Å². The van der Waals surface area contributed by atoms with Gasteiger partial charge in [-0.3, -0.25) is 9.36 Å². The number of methoxy groups -OCH3 is 1. The summed E-state index contributed by atoms with van der Waals surface area (Å²) in [5, 5.41) is 0.330. The van der Waals surface area contributed by atoms with Crippen LogP contribution in [0.25, 0.3) is 6.08 Å². The molecule has 7 nitrogen and oxygen atoms in total. The number of alkyl halides is 3. The average molecular weight is 834 g/mol. The van der Waals surface area contributed by atoms with Crippen molar-refractivity contribution in [3.05, 3.63) is 121 Å². The topological polar surface area (TPSA) is 79.1 Å². The number of thiazole rings is 1. The van der Waals surface area contributed by atoms with Gasteiger partial charge >= 0.3 is 12.1 Å². The highest BCUT2D eigenvalue weighted by atomic mass is 127. The molecule has 0 amide bonds. The first-order valence-electron chi connectivity index (χ1n) is 13.2. The molecule has 1 aliphatic heterocycles. The molecule has 0 saturated heterocycles. The Labute approximate surface area is 285 Å². The quantitative estimate of drug-likeness (QED) is 0.142. The summed E-state index contributed by atoms with van der Waals surface area (Å²) in [5.74, 6) is -0.321. The second-order valence-corrected chi connectivity index (χ2v) is 13.1. The molecule has 0 fully saturated rings. The molecule has 5 rings (SSSR count). The van der Waals surface area contributed by atoms with Gasteiger partial charge in [-0.1, -0.05) is 63.1 Å². The summed E-state index contributed by atoms with van der Waals surface area (Å²) < 4.78 is 62.5. The van der Waals surface area contributed by atoms with Gasteiger partial charge in [0.15, 0.2) is 22.0 Å². The van der Waals surface area contributed by atoms with Gasteiger partial charge < -0.3 is 14.2 Å². The van der Waals surface area contributed by atoms with Gasteiger partial charge in [0.2, 0.25) is 0 Å². The standard InChI is InChI=1S/C31H22BrClF3IN2O5S/c1-3-43-29(41)24-25(18-6-10-20(33)11-7-18)39-28(40)23(45-30(39)38-27(24)31(34,35)36)14-17-12-21(37)26(22(13-17)42-2)44-15-16-4-8-19(32)9-5-16/h4-14,25H,3,15H2,1-2H3/b23-14-/t25-/m1/s1. The predicted molar refractivity (Wildman–Crippen MR) is 176 cm³/mol. The van der Waals surface area contributed by atoms with Crippen molar-refractivity contribution < 1.29 is 32.2 Å². The molecule has 45 heavy (non-hydrogen) atoms. The molecular formula is C31H22BrClF3IN2O5S. The number of allylic oxidation sites excluding steroid dienone is 1. The molecule has 0 unspecified atom stereocenters. The summed E-state index contributed by atoms with van der Waals surface area (Å²) in [4.78, 5) is 30.5. The van der Waals surface area contributed by atoms with Crippen LogP contribution in [-0.2, 0) is 16.1 Å². The van der Waals surface area contributed by atoms with Crippen LogP contribution in [0.2, 0.25) is 5.02 Å². The molecule has 0 radical (unpaired) electrons. The first kappa shape index (κ1) is 33.2. The summed E-state index contributed by atoms with van der Waals surface area (Å²) in [6.45, 7) is 1.59. The maximum Gasteiger partial charge on any atom is 0.434 e. The average Bonchev–Trinajstić information content (AvgIpc) is 3.30. The predicted octanol–water partition coefficient (Wildman–Crippen LogP) is 6.95. The summed E-state index contributed by atoms with van der Waals surface area (Å²) in [5.41, 5.74) is -1.12. The van der Waals surface area contributed by atoms with Crippen LogP contribution in [0.1, 0.15) is 29.7 Å². The van der Waals surface area contributed by atoms with Crippen molar-refractivity contribution in [2.75, 3.05) is 13.7 Å². The first-order valence-corrected chi connectivity index (χ1v) is 16.3. The largest absolute Gasteiger partial charge is 0.493 e. The number of halogens is 6. The highest BCUT2D eigenvalue weighted by Crippen LogP contribution is 2.39. The number of carbonyl (C=O) groups excluding carboxylic acids is 1. The van der Waals surface area contributed by atoms with Gasteiger partial charge in [-0.15, -0.1) is 0 Å². The van der Waals surface area contributed by atoms with E-state index in [1.165, 1.54) is 44.4 Å². The first-order chi connectivity index (χ1) is 21.4. The van der Waals surface area contributed by atoms with Crippen LogP contribution in [-0.4, -0.2) is 30.4 Å². The fourth-order valence-electron chi connectivity index (χ4n) is 4.65. The van der Waals surface area contributed by atoms with Crippen LogP contribution >= 0.6 is 61.5 Å². The Morgan fingerprint density at radius 3 is 2.47 bits per heavy atom. The maximum atomic E-state index is 14.3. The molecule has 0 spiro atoms. The minimum Gasteiger partial charge on any atom is -0.493 e. The van der Waals surface area contributed by atoms with Crippen molar-refractivity contribution >= 4 is 73.5 Å². The van der Waals surface area contributed by atoms with Crippen molar-refractivity contribution in [3.8, 4) is 11.5 Å². The second kappa shape index (κ2) is 13.7. The van der Waals surface area contributed by atoms with Crippen molar-refractivity contribution in [2.24, 2.45) is 4.99 Å². The minimum atomic E-state index is -5.00. The van der Waals surface area contributed by atoms with Gasteiger partial charge in [0.25, 0.3) is 5.56 Å². The van der Waals surface area contributed by atoms with E-state index >= 15 is 0 Å². The van der Waals surface area contributed by atoms with Gasteiger partial charge in [0.1, 0.15) is 6.61 Å². The van der Waals surface area contributed by atoms with E-state index < -0.39 is 35.0 Å². The van der Waals surface area contributed by atoms with Crippen LogP contribution in [0, 0.1) is 3.57 Å².